The molecule has 0 aliphatic heterocycles. The van der Waals surface area contributed by atoms with E-state index in [2.05, 4.69) is 27.3 Å². The van der Waals surface area contributed by atoms with E-state index in [9.17, 15) is 14.0 Å². The summed E-state index contributed by atoms with van der Waals surface area (Å²) in [6, 6.07) is 14.6. The lowest BCUT2D eigenvalue weighted by Gasteiger charge is -2.15. The first-order valence-electron chi connectivity index (χ1n) is 5.90. The Kier molecular flexibility index (Phi) is 4.70. The third-order valence-corrected chi connectivity index (χ3v) is 3.49. The minimum absolute atomic E-state index is 0.0864. The third kappa shape index (κ3) is 3.34. The lowest BCUT2D eigenvalue weighted by Crippen LogP contribution is -2.09. The van der Waals surface area contributed by atoms with E-state index >= 15 is 0 Å². The Labute approximate surface area is 124 Å². The van der Waals surface area contributed by atoms with Gasteiger partial charge >= 0.3 is 0 Å². The Morgan fingerprint density at radius 3 is 2.40 bits per heavy atom. The fraction of sp³-hybridized carbons (Fsp3) is 0.133. The minimum atomic E-state index is -2.54. The van der Waals surface area contributed by atoms with Gasteiger partial charge in [0, 0.05) is 15.7 Å². The molecule has 0 aliphatic carbocycles. The molecule has 0 fully saturated rings. The van der Waals surface area contributed by atoms with Gasteiger partial charge in [-0.1, -0.05) is 30.3 Å². The van der Waals surface area contributed by atoms with Crippen molar-refractivity contribution in [3.05, 3.63) is 64.1 Å². The van der Waals surface area contributed by atoms with Crippen molar-refractivity contribution >= 4 is 21.6 Å². The van der Waals surface area contributed by atoms with Crippen LogP contribution in [-0.2, 0) is 0 Å². The molecule has 0 saturated heterocycles. The molecule has 1 atom stereocenters. The molecule has 1 unspecified atom stereocenters. The molecule has 0 aromatic heterocycles. The molecule has 102 valence electrons. The summed E-state index contributed by atoms with van der Waals surface area (Å²) in [4.78, 5) is 0. The van der Waals surface area contributed by atoms with Crippen LogP contribution in [0.5, 0.6) is 0 Å². The summed E-state index contributed by atoms with van der Waals surface area (Å²) in [5.41, 5.74) is 1.17. The van der Waals surface area contributed by atoms with E-state index < -0.39 is 12.5 Å². The molecule has 0 amide bonds. The Bertz CT molecular complexity index is 638. The van der Waals surface area contributed by atoms with Crippen molar-refractivity contribution < 1.29 is 8.78 Å². The number of anilines is 1. The molecule has 2 aromatic rings. The SMILES string of the molecule is N#CC(Nc1ccccc1Br)c1cccc(C(F)F)c1. The summed E-state index contributed by atoms with van der Waals surface area (Å²) < 4.78 is 26.2. The van der Waals surface area contributed by atoms with Gasteiger partial charge in [0.2, 0.25) is 0 Å². The number of nitrogens with zero attached hydrogens (tertiary/aromatic N) is 1. The minimum Gasteiger partial charge on any atom is -0.365 e. The highest BCUT2D eigenvalue weighted by atomic mass is 79.9. The molecule has 0 spiro atoms. The van der Waals surface area contributed by atoms with Crippen LogP contribution in [0, 0.1) is 11.3 Å². The van der Waals surface area contributed by atoms with Crippen LogP contribution in [0.2, 0.25) is 0 Å². The summed E-state index contributed by atoms with van der Waals surface area (Å²) in [5, 5.41) is 12.3. The summed E-state index contributed by atoms with van der Waals surface area (Å²) >= 11 is 3.37. The fourth-order valence-electron chi connectivity index (χ4n) is 1.80. The van der Waals surface area contributed by atoms with Crippen molar-refractivity contribution in [3.8, 4) is 6.07 Å². The number of nitriles is 1. The van der Waals surface area contributed by atoms with E-state index in [0.717, 1.165) is 10.2 Å². The van der Waals surface area contributed by atoms with Gasteiger partial charge < -0.3 is 5.32 Å². The van der Waals surface area contributed by atoms with Crippen molar-refractivity contribution in [1.29, 1.82) is 5.26 Å². The van der Waals surface area contributed by atoms with Crippen molar-refractivity contribution in [2.45, 2.75) is 12.5 Å². The van der Waals surface area contributed by atoms with Gasteiger partial charge in [-0.2, -0.15) is 5.26 Å². The zero-order valence-corrected chi connectivity index (χ0v) is 11.9. The topological polar surface area (TPSA) is 35.8 Å². The molecule has 2 nitrogen and oxygen atoms in total. The van der Waals surface area contributed by atoms with E-state index in [-0.39, 0.29) is 5.56 Å². The van der Waals surface area contributed by atoms with Gasteiger partial charge in [0.05, 0.1) is 6.07 Å². The summed E-state index contributed by atoms with van der Waals surface area (Å²) in [5.74, 6) is 0. The lowest BCUT2D eigenvalue weighted by atomic mass is 10.0. The summed E-state index contributed by atoms with van der Waals surface area (Å²) in [6.07, 6.45) is -2.54. The van der Waals surface area contributed by atoms with Crippen LogP contribution < -0.4 is 5.32 Å². The zero-order valence-electron chi connectivity index (χ0n) is 10.4. The van der Waals surface area contributed by atoms with Crippen LogP contribution in [0.3, 0.4) is 0 Å². The van der Waals surface area contributed by atoms with E-state index in [1.165, 1.54) is 18.2 Å². The highest BCUT2D eigenvalue weighted by Crippen LogP contribution is 2.28. The number of nitrogens with one attached hydrogen (secondary N) is 1. The van der Waals surface area contributed by atoms with Crippen LogP contribution >= 0.6 is 15.9 Å². The number of benzene rings is 2. The number of hydrogen-bond donors (Lipinski definition) is 1. The first-order valence-corrected chi connectivity index (χ1v) is 6.70. The van der Waals surface area contributed by atoms with E-state index in [4.69, 9.17) is 0 Å². The number of halogens is 3. The molecule has 0 radical (unpaired) electrons. The smallest absolute Gasteiger partial charge is 0.263 e. The molecule has 5 heteroatoms. The standard InChI is InChI=1S/C15H11BrF2N2/c16-12-6-1-2-7-13(12)20-14(9-19)10-4-3-5-11(8-10)15(17)18/h1-8,14-15,20H. The maximum atomic E-state index is 12.7. The highest BCUT2D eigenvalue weighted by molar-refractivity contribution is 9.10. The lowest BCUT2D eigenvalue weighted by molar-refractivity contribution is 0.151. The predicted octanol–water partition coefficient (Wildman–Crippen LogP) is 5.06. The second-order valence-electron chi connectivity index (χ2n) is 4.16. The second-order valence-corrected chi connectivity index (χ2v) is 5.01. The average Bonchev–Trinajstić information content (AvgIpc) is 2.46. The van der Waals surface area contributed by atoms with Gasteiger partial charge in [-0.25, -0.2) is 8.78 Å². The van der Waals surface area contributed by atoms with Crippen molar-refractivity contribution in [3.63, 3.8) is 0 Å². The van der Waals surface area contributed by atoms with Crippen molar-refractivity contribution in [2.75, 3.05) is 5.32 Å². The monoisotopic (exact) mass is 336 g/mol. The number of alkyl halides is 2. The van der Waals surface area contributed by atoms with E-state index in [1.54, 1.807) is 6.07 Å². The van der Waals surface area contributed by atoms with Crippen LogP contribution in [0.25, 0.3) is 0 Å². The van der Waals surface area contributed by atoms with Gasteiger partial charge in [-0.05, 0) is 39.7 Å². The molecule has 20 heavy (non-hydrogen) atoms. The zero-order chi connectivity index (χ0) is 14.5. The quantitative estimate of drug-likeness (QED) is 0.846. The molecule has 0 heterocycles. The number of rotatable bonds is 4. The summed E-state index contributed by atoms with van der Waals surface area (Å²) in [6.45, 7) is 0. The molecule has 2 rings (SSSR count). The molecule has 0 bridgehead atoms. The van der Waals surface area contributed by atoms with Gasteiger partial charge in [0.1, 0.15) is 6.04 Å². The van der Waals surface area contributed by atoms with Crippen LogP contribution in [0.15, 0.2) is 53.0 Å². The Morgan fingerprint density at radius 2 is 1.75 bits per heavy atom. The largest absolute Gasteiger partial charge is 0.365 e. The third-order valence-electron chi connectivity index (χ3n) is 2.80. The fourth-order valence-corrected chi connectivity index (χ4v) is 2.20. The van der Waals surface area contributed by atoms with Crippen molar-refractivity contribution in [1.82, 2.24) is 0 Å². The first kappa shape index (κ1) is 14.5. The Hall–Kier alpha value is -1.93. The van der Waals surface area contributed by atoms with Crippen LogP contribution in [-0.4, -0.2) is 0 Å². The Morgan fingerprint density at radius 1 is 1.05 bits per heavy atom. The predicted molar refractivity (Wildman–Crippen MR) is 77.5 cm³/mol. The molecular weight excluding hydrogens is 326 g/mol. The maximum absolute atomic E-state index is 12.7. The number of hydrogen-bond acceptors (Lipinski definition) is 2. The van der Waals surface area contributed by atoms with Gasteiger partial charge in [-0.3, -0.25) is 0 Å². The molecule has 2 aromatic carbocycles. The van der Waals surface area contributed by atoms with Gasteiger partial charge in [-0.15, -0.1) is 0 Å². The van der Waals surface area contributed by atoms with Crippen molar-refractivity contribution in [2.24, 2.45) is 0 Å². The summed E-state index contributed by atoms with van der Waals surface area (Å²) in [7, 11) is 0. The second kappa shape index (κ2) is 6.49. The normalized spacial score (nSPS) is 11.9. The van der Waals surface area contributed by atoms with Gasteiger partial charge in [0.25, 0.3) is 6.43 Å². The average molecular weight is 337 g/mol. The number of para-hydroxylation sites is 1. The first-order chi connectivity index (χ1) is 9.61. The molecule has 0 aliphatic rings. The van der Waals surface area contributed by atoms with Crippen LogP contribution in [0.1, 0.15) is 23.6 Å². The highest BCUT2D eigenvalue weighted by Gasteiger charge is 2.14. The van der Waals surface area contributed by atoms with Gasteiger partial charge in [0.15, 0.2) is 0 Å². The molecule has 1 N–H and O–H groups in total. The Balaban J connectivity index is 2.27. The molecule has 0 saturated carbocycles. The van der Waals surface area contributed by atoms with Crippen LogP contribution in [0.4, 0.5) is 14.5 Å². The molecular formula is C15H11BrF2N2. The maximum Gasteiger partial charge on any atom is 0.263 e. The van der Waals surface area contributed by atoms with E-state index in [1.807, 2.05) is 24.3 Å². The van der Waals surface area contributed by atoms with E-state index in [0.29, 0.717) is 5.56 Å².